The summed E-state index contributed by atoms with van der Waals surface area (Å²) in [5.74, 6) is 0. The highest BCUT2D eigenvalue weighted by molar-refractivity contribution is 7.17. The summed E-state index contributed by atoms with van der Waals surface area (Å²) >= 11 is 1.79. The molecule has 0 bridgehead atoms. The zero-order valence-electron chi connectivity index (χ0n) is 10.3. The Labute approximate surface area is 111 Å². The average molecular weight is 253 g/mol. The fraction of sp³-hybridized carbons (Fsp3) is 0.125. The van der Waals surface area contributed by atoms with Gasteiger partial charge >= 0.3 is 0 Å². The van der Waals surface area contributed by atoms with Gasteiger partial charge in [0.1, 0.15) is 0 Å². The summed E-state index contributed by atoms with van der Waals surface area (Å²) in [5, 5.41) is 3.45. The molecule has 3 rings (SSSR count). The Morgan fingerprint density at radius 1 is 1.06 bits per heavy atom. The van der Waals surface area contributed by atoms with E-state index >= 15 is 0 Å². The van der Waals surface area contributed by atoms with Crippen LogP contribution in [-0.4, -0.2) is 0 Å². The maximum Gasteiger partial charge on any atom is 0.0421 e. The van der Waals surface area contributed by atoms with Crippen molar-refractivity contribution < 1.29 is 0 Å². The van der Waals surface area contributed by atoms with E-state index in [2.05, 4.69) is 54.8 Å². The van der Waals surface area contributed by atoms with Gasteiger partial charge in [-0.25, -0.2) is 0 Å². The van der Waals surface area contributed by atoms with Crippen LogP contribution >= 0.6 is 11.3 Å². The molecule has 0 radical (unpaired) electrons. The molecule has 0 aliphatic rings. The van der Waals surface area contributed by atoms with Gasteiger partial charge < -0.3 is 5.73 Å². The van der Waals surface area contributed by atoms with Crippen LogP contribution in [-0.2, 0) is 6.54 Å². The van der Waals surface area contributed by atoms with E-state index in [1.807, 2.05) is 0 Å². The number of hydrogen-bond donors (Lipinski definition) is 1. The number of thiophene rings is 1. The van der Waals surface area contributed by atoms with Crippen molar-refractivity contribution in [3.8, 4) is 11.1 Å². The Morgan fingerprint density at radius 2 is 1.94 bits per heavy atom. The first-order chi connectivity index (χ1) is 8.79. The predicted octanol–water partition coefficient (Wildman–Crippen LogP) is 4.34. The van der Waals surface area contributed by atoms with Crippen LogP contribution in [0.25, 0.3) is 21.2 Å². The van der Waals surface area contributed by atoms with E-state index in [1.165, 1.54) is 32.3 Å². The summed E-state index contributed by atoms with van der Waals surface area (Å²) in [5.41, 5.74) is 10.9. The van der Waals surface area contributed by atoms with Gasteiger partial charge in [-0.05, 0) is 40.4 Å². The first kappa shape index (κ1) is 11.5. The van der Waals surface area contributed by atoms with E-state index in [-0.39, 0.29) is 0 Å². The third-order valence-electron chi connectivity index (χ3n) is 3.25. The van der Waals surface area contributed by atoms with E-state index in [0.29, 0.717) is 6.54 Å². The quantitative estimate of drug-likeness (QED) is 0.722. The average Bonchev–Trinajstić information content (AvgIpc) is 2.86. The standard InChI is InChI=1S/C16H15NS/c1-11-5-6-13(10-17)15(9-11)14-4-2-3-12-7-8-18-16(12)14/h2-9H,10,17H2,1H3. The topological polar surface area (TPSA) is 26.0 Å². The Kier molecular flexibility index (Phi) is 2.90. The molecule has 0 unspecified atom stereocenters. The van der Waals surface area contributed by atoms with Gasteiger partial charge in [-0.3, -0.25) is 0 Å². The number of fused-ring (bicyclic) bond motifs is 1. The van der Waals surface area contributed by atoms with Crippen molar-refractivity contribution in [1.29, 1.82) is 0 Å². The molecule has 0 fully saturated rings. The van der Waals surface area contributed by atoms with Crippen LogP contribution in [0.3, 0.4) is 0 Å². The molecule has 1 heterocycles. The molecule has 18 heavy (non-hydrogen) atoms. The van der Waals surface area contributed by atoms with Crippen LogP contribution in [0.5, 0.6) is 0 Å². The van der Waals surface area contributed by atoms with Gasteiger partial charge in [0.2, 0.25) is 0 Å². The Bertz CT molecular complexity index is 697. The highest BCUT2D eigenvalue weighted by atomic mass is 32.1. The number of rotatable bonds is 2. The third kappa shape index (κ3) is 1.84. The molecular formula is C16H15NS. The molecule has 1 nitrogen and oxygen atoms in total. The van der Waals surface area contributed by atoms with Gasteiger partial charge in [-0.2, -0.15) is 0 Å². The lowest BCUT2D eigenvalue weighted by molar-refractivity contribution is 1.07. The van der Waals surface area contributed by atoms with Crippen LogP contribution in [0.4, 0.5) is 0 Å². The smallest absolute Gasteiger partial charge is 0.0421 e. The molecule has 1 aromatic heterocycles. The summed E-state index contributed by atoms with van der Waals surface area (Å²) in [6.07, 6.45) is 0. The van der Waals surface area contributed by atoms with E-state index < -0.39 is 0 Å². The number of aryl methyl sites for hydroxylation is 1. The lowest BCUT2D eigenvalue weighted by Gasteiger charge is -2.10. The Balaban J connectivity index is 2.31. The summed E-state index contributed by atoms with van der Waals surface area (Å²) in [6, 6.07) is 15.1. The second kappa shape index (κ2) is 4.56. The van der Waals surface area contributed by atoms with Crippen molar-refractivity contribution in [1.82, 2.24) is 0 Å². The number of hydrogen-bond acceptors (Lipinski definition) is 2. The van der Waals surface area contributed by atoms with E-state index in [1.54, 1.807) is 11.3 Å². The molecule has 2 aromatic carbocycles. The lowest BCUT2D eigenvalue weighted by Crippen LogP contribution is -1.99. The zero-order chi connectivity index (χ0) is 12.5. The first-order valence-electron chi connectivity index (χ1n) is 6.06. The molecule has 3 aromatic rings. The van der Waals surface area contributed by atoms with Crippen molar-refractivity contribution in [3.63, 3.8) is 0 Å². The Morgan fingerprint density at radius 3 is 2.78 bits per heavy atom. The second-order valence-corrected chi connectivity index (χ2v) is 5.43. The zero-order valence-corrected chi connectivity index (χ0v) is 11.1. The second-order valence-electron chi connectivity index (χ2n) is 4.51. The fourth-order valence-electron chi connectivity index (χ4n) is 2.32. The fourth-order valence-corrected chi connectivity index (χ4v) is 3.25. The summed E-state index contributed by atoms with van der Waals surface area (Å²) in [7, 11) is 0. The molecular weight excluding hydrogens is 238 g/mol. The molecule has 0 atom stereocenters. The van der Waals surface area contributed by atoms with Crippen molar-refractivity contribution in [2.45, 2.75) is 13.5 Å². The van der Waals surface area contributed by atoms with Crippen molar-refractivity contribution in [2.75, 3.05) is 0 Å². The van der Waals surface area contributed by atoms with Crippen LogP contribution in [0.15, 0.2) is 47.8 Å². The van der Waals surface area contributed by atoms with E-state index in [0.717, 1.165) is 0 Å². The molecule has 0 saturated carbocycles. The first-order valence-corrected chi connectivity index (χ1v) is 6.94. The van der Waals surface area contributed by atoms with Gasteiger partial charge in [0, 0.05) is 11.2 Å². The molecule has 2 N–H and O–H groups in total. The maximum atomic E-state index is 5.86. The molecule has 0 amide bonds. The van der Waals surface area contributed by atoms with E-state index in [4.69, 9.17) is 5.73 Å². The molecule has 0 aliphatic carbocycles. The lowest BCUT2D eigenvalue weighted by atomic mass is 9.97. The summed E-state index contributed by atoms with van der Waals surface area (Å²) < 4.78 is 1.35. The molecule has 0 spiro atoms. The van der Waals surface area contributed by atoms with Gasteiger partial charge in [-0.15, -0.1) is 11.3 Å². The monoisotopic (exact) mass is 253 g/mol. The van der Waals surface area contributed by atoms with Crippen molar-refractivity contribution >= 4 is 21.4 Å². The van der Waals surface area contributed by atoms with Gasteiger partial charge in [0.15, 0.2) is 0 Å². The third-order valence-corrected chi connectivity index (χ3v) is 4.22. The highest BCUT2D eigenvalue weighted by Gasteiger charge is 2.08. The summed E-state index contributed by atoms with van der Waals surface area (Å²) in [4.78, 5) is 0. The van der Waals surface area contributed by atoms with E-state index in [9.17, 15) is 0 Å². The molecule has 2 heteroatoms. The number of nitrogens with two attached hydrogens (primary N) is 1. The van der Waals surface area contributed by atoms with Gasteiger partial charge in [0.05, 0.1) is 0 Å². The molecule has 0 saturated heterocycles. The molecule has 0 aliphatic heterocycles. The SMILES string of the molecule is Cc1ccc(CN)c(-c2cccc3ccsc23)c1. The predicted molar refractivity (Wildman–Crippen MR) is 79.9 cm³/mol. The maximum absolute atomic E-state index is 5.86. The molecule has 90 valence electrons. The Hall–Kier alpha value is -1.64. The van der Waals surface area contributed by atoms with Crippen LogP contribution < -0.4 is 5.73 Å². The minimum atomic E-state index is 0.581. The highest BCUT2D eigenvalue weighted by Crippen LogP contribution is 2.34. The van der Waals surface area contributed by atoms with Crippen LogP contribution in [0.2, 0.25) is 0 Å². The van der Waals surface area contributed by atoms with Crippen molar-refractivity contribution in [3.05, 3.63) is 59.0 Å². The van der Waals surface area contributed by atoms with Crippen molar-refractivity contribution in [2.24, 2.45) is 5.73 Å². The normalized spacial score (nSPS) is 11.0. The van der Waals surface area contributed by atoms with Crippen LogP contribution in [0, 0.1) is 6.92 Å². The van der Waals surface area contributed by atoms with Gasteiger partial charge in [-0.1, -0.05) is 42.0 Å². The number of benzene rings is 2. The largest absolute Gasteiger partial charge is 0.326 e. The van der Waals surface area contributed by atoms with Crippen LogP contribution in [0.1, 0.15) is 11.1 Å². The minimum Gasteiger partial charge on any atom is -0.326 e. The van der Waals surface area contributed by atoms with Gasteiger partial charge in [0.25, 0.3) is 0 Å². The summed E-state index contributed by atoms with van der Waals surface area (Å²) in [6.45, 7) is 2.70. The minimum absolute atomic E-state index is 0.581.